The summed E-state index contributed by atoms with van der Waals surface area (Å²) >= 11 is 0. The Hall–Kier alpha value is -2.08. The molecule has 1 rings (SSSR count). The molecule has 0 bridgehead atoms. The topological polar surface area (TPSA) is 50.1 Å². The second-order valence-corrected chi connectivity index (χ2v) is 2.88. The SMILES string of the molecule is C/C=C(\C#N)C(=O)c1cccc(OC)c1. The summed E-state index contributed by atoms with van der Waals surface area (Å²) in [4.78, 5) is 11.7. The molecule has 0 spiro atoms. The maximum atomic E-state index is 11.7. The van der Waals surface area contributed by atoms with E-state index in [2.05, 4.69) is 0 Å². The summed E-state index contributed by atoms with van der Waals surface area (Å²) in [5, 5.41) is 8.71. The Kier molecular flexibility index (Phi) is 3.64. The zero-order valence-electron chi connectivity index (χ0n) is 8.65. The average Bonchev–Trinajstić information content (AvgIpc) is 2.30. The van der Waals surface area contributed by atoms with Crippen molar-refractivity contribution < 1.29 is 9.53 Å². The van der Waals surface area contributed by atoms with E-state index in [0.717, 1.165) is 0 Å². The largest absolute Gasteiger partial charge is 0.497 e. The van der Waals surface area contributed by atoms with E-state index in [4.69, 9.17) is 10.00 Å². The van der Waals surface area contributed by atoms with Crippen molar-refractivity contribution in [3.8, 4) is 11.8 Å². The first kappa shape index (κ1) is 11.0. The van der Waals surface area contributed by atoms with Gasteiger partial charge in [0.1, 0.15) is 11.8 Å². The normalized spacial score (nSPS) is 10.6. The molecule has 0 saturated heterocycles. The molecule has 0 aliphatic rings. The Morgan fingerprint density at radius 3 is 2.80 bits per heavy atom. The lowest BCUT2D eigenvalue weighted by Crippen LogP contribution is -2.01. The Morgan fingerprint density at radius 2 is 2.27 bits per heavy atom. The van der Waals surface area contributed by atoms with Crippen LogP contribution in [0.4, 0.5) is 0 Å². The molecule has 1 aromatic carbocycles. The number of ether oxygens (including phenoxy) is 1. The van der Waals surface area contributed by atoms with E-state index >= 15 is 0 Å². The molecule has 1 aromatic rings. The van der Waals surface area contributed by atoms with E-state index in [1.165, 1.54) is 13.2 Å². The molecule has 0 aromatic heterocycles. The number of nitrogens with zero attached hydrogens (tertiary/aromatic N) is 1. The monoisotopic (exact) mass is 201 g/mol. The highest BCUT2D eigenvalue weighted by molar-refractivity contribution is 6.11. The summed E-state index contributed by atoms with van der Waals surface area (Å²) in [6.07, 6.45) is 1.50. The van der Waals surface area contributed by atoms with Crippen LogP contribution in [-0.2, 0) is 0 Å². The van der Waals surface area contributed by atoms with Gasteiger partial charge in [-0.25, -0.2) is 0 Å². The lowest BCUT2D eigenvalue weighted by Gasteiger charge is -2.02. The number of hydrogen-bond donors (Lipinski definition) is 0. The number of allylic oxidation sites excluding steroid dienone is 2. The minimum absolute atomic E-state index is 0.142. The van der Waals surface area contributed by atoms with Crippen LogP contribution < -0.4 is 4.74 Å². The molecule has 0 fully saturated rings. The fourth-order valence-corrected chi connectivity index (χ4v) is 1.17. The van der Waals surface area contributed by atoms with Gasteiger partial charge in [0, 0.05) is 5.56 Å². The first-order valence-electron chi connectivity index (χ1n) is 4.48. The van der Waals surface area contributed by atoms with Crippen molar-refractivity contribution in [3.63, 3.8) is 0 Å². The predicted octanol–water partition coefficient (Wildman–Crippen LogP) is 2.35. The lowest BCUT2D eigenvalue weighted by molar-refractivity contribution is 0.103. The highest BCUT2D eigenvalue weighted by Gasteiger charge is 2.11. The molecule has 15 heavy (non-hydrogen) atoms. The number of rotatable bonds is 3. The van der Waals surface area contributed by atoms with Gasteiger partial charge in [-0.15, -0.1) is 0 Å². The molecular weight excluding hydrogens is 190 g/mol. The molecule has 0 aliphatic carbocycles. The highest BCUT2D eigenvalue weighted by atomic mass is 16.5. The van der Waals surface area contributed by atoms with Crippen LogP contribution in [0.15, 0.2) is 35.9 Å². The molecule has 0 saturated carbocycles. The maximum absolute atomic E-state index is 11.7. The highest BCUT2D eigenvalue weighted by Crippen LogP contribution is 2.15. The molecule has 0 unspecified atom stereocenters. The van der Waals surface area contributed by atoms with Gasteiger partial charge >= 0.3 is 0 Å². The molecule has 0 amide bonds. The van der Waals surface area contributed by atoms with E-state index in [9.17, 15) is 4.79 Å². The molecule has 0 aliphatic heterocycles. The maximum Gasteiger partial charge on any atom is 0.203 e. The van der Waals surface area contributed by atoms with Crippen molar-refractivity contribution >= 4 is 5.78 Å². The van der Waals surface area contributed by atoms with Crippen LogP contribution >= 0.6 is 0 Å². The van der Waals surface area contributed by atoms with Gasteiger partial charge in [-0.1, -0.05) is 18.2 Å². The third kappa shape index (κ3) is 2.44. The number of hydrogen-bond acceptors (Lipinski definition) is 3. The van der Waals surface area contributed by atoms with E-state index < -0.39 is 0 Å². The minimum Gasteiger partial charge on any atom is -0.497 e. The van der Waals surface area contributed by atoms with Crippen molar-refractivity contribution in [2.75, 3.05) is 7.11 Å². The van der Waals surface area contributed by atoms with Gasteiger partial charge < -0.3 is 4.74 Å². The zero-order valence-corrected chi connectivity index (χ0v) is 8.65. The second kappa shape index (κ2) is 4.97. The Balaban J connectivity index is 3.07. The number of benzene rings is 1. The van der Waals surface area contributed by atoms with E-state index in [-0.39, 0.29) is 11.4 Å². The van der Waals surface area contributed by atoms with Gasteiger partial charge in [-0.2, -0.15) is 5.26 Å². The molecule has 0 heterocycles. The number of Topliss-reactive ketones (excluding diaryl/α,β-unsaturated/α-hetero) is 1. The second-order valence-electron chi connectivity index (χ2n) is 2.88. The molecule has 0 atom stereocenters. The van der Waals surface area contributed by atoms with Crippen molar-refractivity contribution in [1.29, 1.82) is 5.26 Å². The molecule has 0 N–H and O–H groups in total. The Morgan fingerprint density at radius 1 is 1.53 bits per heavy atom. The van der Waals surface area contributed by atoms with Gasteiger partial charge in [0.15, 0.2) is 0 Å². The Bertz CT molecular complexity index is 441. The summed E-state index contributed by atoms with van der Waals surface area (Å²) in [7, 11) is 1.53. The quantitative estimate of drug-likeness (QED) is 0.428. The van der Waals surface area contributed by atoms with Crippen molar-refractivity contribution in [3.05, 3.63) is 41.5 Å². The van der Waals surface area contributed by atoms with Gasteiger partial charge in [0.05, 0.1) is 12.7 Å². The van der Waals surface area contributed by atoms with E-state index in [0.29, 0.717) is 11.3 Å². The minimum atomic E-state index is -0.279. The number of carbonyl (C=O) groups is 1. The number of methoxy groups -OCH3 is 1. The smallest absolute Gasteiger partial charge is 0.203 e. The number of ketones is 1. The summed E-state index contributed by atoms with van der Waals surface area (Å²) in [5.74, 6) is 0.327. The van der Waals surface area contributed by atoms with Crippen molar-refractivity contribution in [1.82, 2.24) is 0 Å². The van der Waals surface area contributed by atoms with Crippen LogP contribution in [0.2, 0.25) is 0 Å². The summed E-state index contributed by atoms with van der Waals surface area (Å²) < 4.78 is 5.00. The molecular formula is C12H11NO2. The van der Waals surface area contributed by atoms with Gasteiger partial charge in [0.25, 0.3) is 0 Å². The van der Waals surface area contributed by atoms with E-state index in [1.54, 1.807) is 31.2 Å². The van der Waals surface area contributed by atoms with Crippen LogP contribution in [0, 0.1) is 11.3 Å². The van der Waals surface area contributed by atoms with Gasteiger partial charge in [-0.3, -0.25) is 4.79 Å². The fraction of sp³-hybridized carbons (Fsp3) is 0.167. The Labute approximate surface area is 88.6 Å². The third-order valence-electron chi connectivity index (χ3n) is 1.99. The molecule has 76 valence electrons. The van der Waals surface area contributed by atoms with Crippen LogP contribution in [0.3, 0.4) is 0 Å². The predicted molar refractivity (Wildman–Crippen MR) is 56.7 cm³/mol. The van der Waals surface area contributed by atoms with Crippen molar-refractivity contribution in [2.24, 2.45) is 0 Å². The summed E-state index contributed by atoms with van der Waals surface area (Å²) in [6.45, 7) is 1.66. The van der Waals surface area contributed by atoms with Crippen LogP contribution in [0.25, 0.3) is 0 Å². The van der Waals surface area contributed by atoms with Gasteiger partial charge in [0.2, 0.25) is 5.78 Å². The molecule has 3 nitrogen and oxygen atoms in total. The first-order chi connectivity index (χ1) is 7.22. The summed E-state index contributed by atoms with van der Waals surface area (Å²) in [5.41, 5.74) is 0.604. The summed E-state index contributed by atoms with van der Waals surface area (Å²) in [6, 6.07) is 8.60. The van der Waals surface area contributed by atoms with E-state index in [1.807, 2.05) is 6.07 Å². The molecule has 3 heteroatoms. The zero-order chi connectivity index (χ0) is 11.3. The number of carbonyl (C=O) groups excluding carboxylic acids is 1. The molecule has 0 radical (unpaired) electrons. The van der Waals surface area contributed by atoms with Crippen LogP contribution in [0.1, 0.15) is 17.3 Å². The average molecular weight is 201 g/mol. The van der Waals surface area contributed by atoms with Gasteiger partial charge in [-0.05, 0) is 19.1 Å². The third-order valence-corrected chi connectivity index (χ3v) is 1.99. The van der Waals surface area contributed by atoms with Crippen LogP contribution in [0.5, 0.6) is 5.75 Å². The number of nitriles is 1. The first-order valence-corrected chi connectivity index (χ1v) is 4.48. The van der Waals surface area contributed by atoms with Crippen molar-refractivity contribution in [2.45, 2.75) is 6.92 Å². The fourth-order valence-electron chi connectivity index (χ4n) is 1.17. The standard InChI is InChI=1S/C12H11NO2/c1-3-9(8-13)12(14)10-5-4-6-11(7-10)15-2/h3-7H,1-2H3/b9-3+. The van der Waals surface area contributed by atoms with Crippen LogP contribution in [-0.4, -0.2) is 12.9 Å². The lowest BCUT2D eigenvalue weighted by atomic mass is 10.0.